The summed E-state index contributed by atoms with van der Waals surface area (Å²) in [5.41, 5.74) is 21.7. The molecule has 3 atom stereocenters. The summed E-state index contributed by atoms with van der Waals surface area (Å²) < 4.78 is 5.61. The monoisotopic (exact) mass is 586 g/mol. The Labute approximate surface area is 244 Å². The second kappa shape index (κ2) is 18.2. The van der Waals surface area contributed by atoms with Crippen LogP contribution in [0, 0.1) is 0 Å². The number of nitrogens with zero attached hydrogens (tertiary/aromatic N) is 1. The average molecular weight is 587 g/mol. The first-order valence-corrected chi connectivity index (χ1v) is 14.1. The number of aliphatic imine (C=N–C) groups is 1. The van der Waals surface area contributed by atoms with Gasteiger partial charge in [0.1, 0.15) is 24.0 Å². The van der Waals surface area contributed by atoms with E-state index in [9.17, 15) is 24.0 Å². The second-order valence-electron chi connectivity index (χ2n) is 9.83. The summed E-state index contributed by atoms with van der Waals surface area (Å²) in [6.07, 6.45) is 4.12. The van der Waals surface area contributed by atoms with Crippen molar-refractivity contribution >= 4 is 40.9 Å². The fourth-order valence-electron chi connectivity index (χ4n) is 4.22. The van der Waals surface area contributed by atoms with Crippen molar-refractivity contribution in [2.75, 3.05) is 19.6 Å². The van der Waals surface area contributed by atoms with E-state index in [2.05, 4.69) is 20.9 Å². The number of guanidine groups is 1. The minimum Gasteiger partial charge on any atom is -0.451 e. The molecular weight excluding hydrogens is 544 g/mol. The number of aldehydes is 1. The van der Waals surface area contributed by atoms with Crippen molar-refractivity contribution in [2.45, 2.75) is 69.5 Å². The summed E-state index contributed by atoms with van der Waals surface area (Å²) in [5, 5.41) is 8.31. The van der Waals surface area contributed by atoms with Crippen molar-refractivity contribution in [3.8, 4) is 0 Å². The Kier molecular flexibility index (Phi) is 14.7. The Morgan fingerprint density at radius 2 is 1.48 bits per heavy atom. The van der Waals surface area contributed by atoms with Gasteiger partial charge in [-0.05, 0) is 76.6 Å². The molecular formula is C28H42N8O6. The van der Waals surface area contributed by atoms with Crippen LogP contribution >= 0.6 is 0 Å². The fourth-order valence-corrected chi connectivity index (χ4v) is 4.22. The fraction of sp³-hybridized carbons (Fsp3) is 0.500. The Morgan fingerprint density at radius 1 is 0.857 bits per heavy atom. The van der Waals surface area contributed by atoms with Gasteiger partial charge in [-0.25, -0.2) is 0 Å². The van der Waals surface area contributed by atoms with Gasteiger partial charge in [0, 0.05) is 12.6 Å². The SMILES string of the molecule is NCCCC[C@H](NC(=O)c1cc(=O)c2ccccc2o1)C(=O)N[C@@H](CCCCN)C(=O)N[C@H](C=O)CCCN=C(N)N. The number of carbonyl (C=O) groups excluding carboxylic acids is 4. The summed E-state index contributed by atoms with van der Waals surface area (Å²) in [6, 6.07) is 4.73. The Bertz CT molecular complexity index is 1280. The van der Waals surface area contributed by atoms with E-state index >= 15 is 0 Å². The molecule has 0 aliphatic heterocycles. The minimum absolute atomic E-state index is 0.0692. The van der Waals surface area contributed by atoms with Crippen LogP contribution < -0.4 is 44.3 Å². The van der Waals surface area contributed by atoms with Gasteiger partial charge in [0.25, 0.3) is 5.91 Å². The van der Waals surface area contributed by atoms with Crippen molar-refractivity contribution in [3.63, 3.8) is 0 Å². The van der Waals surface area contributed by atoms with Crippen LogP contribution in [0.5, 0.6) is 0 Å². The lowest BCUT2D eigenvalue weighted by Crippen LogP contribution is -2.55. The van der Waals surface area contributed by atoms with Crippen molar-refractivity contribution in [1.29, 1.82) is 0 Å². The molecule has 42 heavy (non-hydrogen) atoms. The van der Waals surface area contributed by atoms with E-state index in [-0.39, 0.29) is 30.1 Å². The Balaban J connectivity index is 2.17. The summed E-state index contributed by atoms with van der Waals surface area (Å²) in [5.74, 6) is -2.22. The van der Waals surface area contributed by atoms with Gasteiger partial charge in [-0.1, -0.05) is 12.1 Å². The lowest BCUT2D eigenvalue weighted by Gasteiger charge is -2.24. The number of amides is 3. The Morgan fingerprint density at radius 3 is 2.10 bits per heavy atom. The number of nitrogens with one attached hydrogen (secondary N) is 3. The molecule has 0 bridgehead atoms. The van der Waals surface area contributed by atoms with Crippen LogP contribution in [0.15, 0.2) is 44.5 Å². The molecule has 0 saturated heterocycles. The zero-order chi connectivity index (χ0) is 30.9. The van der Waals surface area contributed by atoms with Crippen LogP contribution in [-0.2, 0) is 14.4 Å². The summed E-state index contributed by atoms with van der Waals surface area (Å²) in [7, 11) is 0. The predicted octanol–water partition coefficient (Wildman–Crippen LogP) is -0.628. The highest BCUT2D eigenvalue weighted by Gasteiger charge is 2.28. The van der Waals surface area contributed by atoms with Crippen LogP contribution in [-0.4, -0.2) is 67.7 Å². The molecule has 0 unspecified atom stereocenters. The number of fused-ring (bicyclic) bond motifs is 1. The lowest BCUT2D eigenvalue weighted by atomic mass is 10.0. The summed E-state index contributed by atoms with van der Waals surface area (Å²) >= 11 is 0. The number of carbonyl (C=O) groups is 4. The third kappa shape index (κ3) is 11.3. The molecule has 0 aliphatic carbocycles. The zero-order valence-electron chi connectivity index (χ0n) is 23.7. The normalized spacial score (nSPS) is 13.0. The molecule has 14 heteroatoms. The third-order valence-electron chi connectivity index (χ3n) is 6.47. The molecule has 1 heterocycles. The van der Waals surface area contributed by atoms with Crippen molar-refractivity contribution in [1.82, 2.24) is 16.0 Å². The van der Waals surface area contributed by atoms with Gasteiger partial charge in [0.2, 0.25) is 11.8 Å². The third-order valence-corrected chi connectivity index (χ3v) is 6.47. The number of benzene rings is 1. The van der Waals surface area contributed by atoms with Crippen LogP contribution in [0.3, 0.4) is 0 Å². The number of para-hydroxylation sites is 1. The van der Waals surface area contributed by atoms with Crippen molar-refractivity contribution in [2.24, 2.45) is 27.9 Å². The molecule has 0 spiro atoms. The smallest absolute Gasteiger partial charge is 0.287 e. The molecule has 0 aliphatic rings. The van der Waals surface area contributed by atoms with Crippen LogP contribution in [0.1, 0.15) is 61.9 Å². The first kappa shape index (κ1) is 33.9. The van der Waals surface area contributed by atoms with Crippen molar-refractivity contribution < 1.29 is 23.6 Å². The molecule has 3 amide bonds. The zero-order valence-corrected chi connectivity index (χ0v) is 23.7. The largest absolute Gasteiger partial charge is 0.451 e. The molecule has 2 aromatic rings. The van der Waals surface area contributed by atoms with Gasteiger partial charge < -0.3 is 48.1 Å². The molecule has 14 nitrogen and oxygen atoms in total. The van der Waals surface area contributed by atoms with Crippen molar-refractivity contribution in [3.05, 3.63) is 46.3 Å². The minimum atomic E-state index is -1.05. The first-order chi connectivity index (χ1) is 20.2. The van der Waals surface area contributed by atoms with Gasteiger partial charge in [0.15, 0.2) is 17.1 Å². The maximum atomic E-state index is 13.4. The quantitative estimate of drug-likeness (QED) is 0.0475. The molecule has 1 aromatic heterocycles. The van der Waals surface area contributed by atoms with E-state index in [4.69, 9.17) is 27.4 Å². The number of unbranched alkanes of at least 4 members (excludes halogenated alkanes) is 2. The summed E-state index contributed by atoms with van der Waals surface area (Å²) in [6.45, 7) is 1.09. The highest BCUT2D eigenvalue weighted by Crippen LogP contribution is 2.13. The van der Waals surface area contributed by atoms with Crippen LogP contribution in [0.25, 0.3) is 11.0 Å². The van der Waals surface area contributed by atoms with E-state index in [0.717, 1.165) is 6.07 Å². The standard InChI is InChI=1S/C28H42N8O6/c29-13-5-3-10-20(25(39)34-18(17-37)8-7-15-33-28(31)32)35-26(40)21(11-4-6-14-30)36-27(41)24-16-22(38)19-9-1-2-12-23(19)42-24/h1-2,9,12,16-18,20-21H,3-8,10-11,13-15,29-30H2,(H,34,39)(H,35,40)(H,36,41)(H4,31,32,33)/t18-,20-,21-/m0/s1. The summed E-state index contributed by atoms with van der Waals surface area (Å²) in [4.78, 5) is 67.5. The maximum Gasteiger partial charge on any atom is 0.287 e. The lowest BCUT2D eigenvalue weighted by molar-refractivity contribution is -0.131. The molecule has 0 fully saturated rings. The second-order valence-corrected chi connectivity index (χ2v) is 9.83. The molecule has 11 N–H and O–H groups in total. The molecule has 230 valence electrons. The average Bonchev–Trinajstić information content (AvgIpc) is 2.97. The number of hydrogen-bond donors (Lipinski definition) is 7. The predicted molar refractivity (Wildman–Crippen MR) is 159 cm³/mol. The van der Waals surface area contributed by atoms with E-state index in [1.807, 2.05) is 0 Å². The highest BCUT2D eigenvalue weighted by atomic mass is 16.3. The molecule has 1 aromatic carbocycles. The molecule has 2 rings (SSSR count). The highest BCUT2D eigenvalue weighted by molar-refractivity contribution is 5.97. The van der Waals surface area contributed by atoms with E-state index in [1.165, 1.54) is 0 Å². The number of hydrogen-bond acceptors (Lipinski definition) is 9. The topological polar surface area (TPSA) is 251 Å². The van der Waals surface area contributed by atoms with Gasteiger partial charge in [-0.3, -0.25) is 24.2 Å². The van der Waals surface area contributed by atoms with E-state index in [1.54, 1.807) is 24.3 Å². The Hall–Kier alpha value is -4.30. The van der Waals surface area contributed by atoms with Crippen LogP contribution in [0.2, 0.25) is 0 Å². The van der Waals surface area contributed by atoms with Gasteiger partial charge >= 0.3 is 0 Å². The first-order valence-electron chi connectivity index (χ1n) is 14.1. The van der Waals surface area contributed by atoms with E-state index in [0.29, 0.717) is 69.8 Å². The molecule has 0 saturated carbocycles. The van der Waals surface area contributed by atoms with Gasteiger partial charge in [0.05, 0.1) is 11.4 Å². The van der Waals surface area contributed by atoms with Gasteiger partial charge in [-0.15, -0.1) is 0 Å². The number of nitrogens with two attached hydrogens (primary N) is 4. The van der Waals surface area contributed by atoms with Crippen LogP contribution in [0.4, 0.5) is 0 Å². The van der Waals surface area contributed by atoms with E-state index < -0.39 is 41.3 Å². The molecule has 0 radical (unpaired) electrons. The van der Waals surface area contributed by atoms with Gasteiger partial charge in [-0.2, -0.15) is 0 Å². The number of rotatable bonds is 19. The maximum absolute atomic E-state index is 13.4.